The SMILES string of the molecule is COC(=O)CCC(=O)OC1C(OC)C2OC1C1C(=O)N(c3ccccc3)C(=O)C21. The zero-order chi connectivity index (χ0) is 20.7. The van der Waals surface area contributed by atoms with Gasteiger partial charge in [0.05, 0.1) is 37.5 Å². The minimum atomic E-state index is -0.830. The molecule has 3 saturated heterocycles. The second kappa shape index (κ2) is 7.57. The molecule has 0 N–H and O–H groups in total. The normalized spacial score (nSPS) is 32.4. The maximum Gasteiger partial charge on any atom is 0.306 e. The van der Waals surface area contributed by atoms with E-state index >= 15 is 0 Å². The molecule has 3 aliphatic rings. The van der Waals surface area contributed by atoms with Crippen LogP contribution in [0.15, 0.2) is 30.3 Å². The maximum absolute atomic E-state index is 13.1. The number of hydrogen-bond acceptors (Lipinski definition) is 8. The minimum absolute atomic E-state index is 0.111. The number of hydrogen-bond donors (Lipinski definition) is 0. The van der Waals surface area contributed by atoms with Crippen LogP contribution in [0.1, 0.15) is 12.8 Å². The molecule has 3 aliphatic heterocycles. The Hall–Kier alpha value is -2.78. The number of benzene rings is 1. The second-order valence-corrected chi connectivity index (χ2v) is 7.20. The van der Waals surface area contributed by atoms with E-state index < -0.39 is 48.2 Å². The van der Waals surface area contributed by atoms with Gasteiger partial charge in [0.15, 0.2) is 6.10 Å². The molecular weight excluding hydrogens is 382 g/mol. The number of fused-ring (bicyclic) bond motifs is 5. The highest BCUT2D eigenvalue weighted by Crippen LogP contribution is 2.51. The number of rotatable bonds is 6. The molecule has 1 aromatic carbocycles. The maximum atomic E-state index is 13.1. The number of carbonyl (C=O) groups is 4. The number of amides is 2. The zero-order valence-electron chi connectivity index (χ0n) is 16.0. The van der Waals surface area contributed by atoms with E-state index in [1.807, 2.05) is 0 Å². The average molecular weight is 403 g/mol. The number of anilines is 1. The van der Waals surface area contributed by atoms with Crippen LogP contribution >= 0.6 is 0 Å². The summed E-state index contributed by atoms with van der Waals surface area (Å²) in [6, 6.07) is 8.68. The first kappa shape index (κ1) is 19.5. The summed E-state index contributed by atoms with van der Waals surface area (Å²) in [6.45, 7) is 0. The highest BCUT2D eigenvalue weighted by Gasteiger charge is 2.70. The van der Waals surface area contributed by atoms with Gasteiger partial charge in [-0.25, -0.2) is 4.90 Å². The van der Waals surface area contributed by atoms with E-state index in [-0.39, 0.29) is 24.7 Å². The molecule has 3 fully saturated rings. The van der Waals surface area contributed by atoms with Crippen LogP contribution in [-0.4, -0.2) is 62.4 Å². The van der Waals surface area contributed by atoms with E-state index in [4.69, 9.17) is 14.2 Å². The summed E-state index contributed by atoms with van der Waals surface area (Å²) in [5, 5.41) is 0. The van der Waals surface area contributed by atoms with Gasteiger partial charge in [-0.3, -0.25) is 19.2 Å². The zero-order valence-corrected chi connectivity index (χ0v) is 16.0. The summed E-state index contributed by atoms with van der Waals surface area (Å²) in [7, 11) is 2.68. The van der Waals surface area contributed by atoms with E-state index in [0.717, 1.165) is 0 Å². The number of methoxy groups -OCH3 is 2. The molecule has 2 bridgehead atoms. The van der Waals surface area contributed by atoms with E-state index in [0.29, 0.717) is 5.69 Å². The van der Waals surface area contributed by atoms with Crippen molar-refractivity contribution in [3.63, 3.8) is 0 Å². The fourth-order valence-electron chi connectivity index (χ4n) is 4.44. The topological polar surface area (TPSA) is 108 Å². The lowest BCUT2D eigenvalue weighted by molar-refractivity contribution is -0.162. The van der Waals surface area contributed by atoms with Crippen molar-refractivity contribution in [2.24, 2.45) is 11.8 Å². The third-order valence-electron chi connectivity index (χ3n) is 5.71. The second-order valence-electron chi connectivity index (χ2n) is 7.20. The molecule has 9 heteroatoms. The van der Waals surface area contributed by atoms with Crippen LogP contribution < -0.4 is 4.90 Å². The van der Waals surface area contributed by atoms with Crippen LogP contribution in [0.3, 0.4) is 0 Å². The highest BCUT2D eigenvalue weighted by molar-refractivity contribution is 6.22. The van der Waals surface area contributed by atoms with Gasteiger partial charge in [-0.15, -0.1) is 0 Å². The predicted molar refractivity (Wildman–Crippen MR) is 96.5 cm³/mol. The Morgan fingerprint density at radius 3 is 2.10 bits per heavy atom. The van der Waals surface area contributed by atoms with Crippen LogP contribution in [-0.2, 0) is 38.1 Å². The Morgan fingerprint density at radius 1 is 0.931 bits per heavy atom. The van der Waals surface area contributed by atoms with Crippen LogP contribution in [0, 0.1) is 11.8 Å². The van der Waals surface area contributed by atoms with E-state index in [1.54, 1.807) is 30.3 Å². The predicted octanol–water partition coefficient (Wildman–Crippen LogP) is 0.453. The molecule has 0 aliphatic carbocycles. The van der Waals surface area contributed by atoms with E-state index in [1.165, 1.54) is 19.1 Å². The van der Waals surface area contributed by atoms with Crippen LogP contribution in [0.25, 0.3) is 0 Å². The lowest BCUT2D eigenvalue weighted by Crippen LogP contribution is -2.50. The van der Waals surface area contributed by atoms with Gasteiger partial charge >= 0.3 is 11.9 Å². The molecule has 2 amide bonds. The van der Waals surface area contributed by atoms with Crippen LogP contribution in [0.5, 0.6) is 0 Å². The van der Waals surface area contributed by atoms with Gasteiger partial charge in [0.1, 0.15) is 18.3 Å². The number of carbonyl (C=O) groups excluding carboxylic acids is 4. The van der Waals surface area contributed by atoms with Gasteiger partial charge in [-0.1, -0.05) is 18.2 Å². The van der Waals surface area contributed by atoms with Gasteiger partial charge in [-0.05, 0) is 12.1 Å². The molecule has 1 aromatic rings. The standard InChI is InChI=1S/C20H21NO8/c1-26-11(22)8-9-12(23)28-18-16-14-13(15(29-16)17(18)27-2)19(24)21(20(14)25)10-6-4-3-5-7-10/h3-7,13-18H,8-9H2,1-2H3. The number of nitrogens with zero attached hydrogens (tertiary/aromatic N) is 1. The minimum Gasteiger partial charge on any atom is -0.469 e. The van der Waals surface area contributed by atoms with Gasteiger partial charge in [0, 0.05) is 7.11 Å². The van der Waals surface area contributed by atoms with Crippen molar-refractivity contribution >= 4 is 29.4 Å². The van der Waals surface area contributed by atoms with Crippen molar-refractivity contribution in [2.45, 2.75) is 37.3 Å². The van der Waals surface area contributed by atoms with Gasteiger partial charge in [0.25, 0.3) is 0 Å². The first-order valence-corrected chi connectivity index (χ1v) is 9.35. The average Bonchev–Trinajstić information content (AvgIpc) is 3.36. The molecule has 0 aromatic heterocycles. The third kappa shape index (κ3) is 3.10. The summed E-state index contributed by atoms with van der Waals surface area (Å²) in [4.78, 5) is 50.6. The quantitative estimate of drug-likeness (QED) is 0.498. The lowest BCUT2D eigenvalue weighted by Gasteiger charge is -2.31. The third-order valence-corrected chi connectivity index (χ3v) is 5.71. The number of imide groups is 1. The first-order chi connectivity index (χ1) is 14.0. The van der Waals surface area contributed by atoms with E-state index in [2.05, 4.69) is 4.74 Å². The Labute approximate surface area is 166 Å². The largest absolute Gasteiger partial charge is 0.469 e. The van der Waals surface area contributed by atoms with Crippen molar-refractivity contribution in [2.75, 3.05) is 19.1 Å². The summed E-state index contributed by atoms with van der Waals surface area (Å²) >= 11 is 0. The highest BCUT2D eigenvalue weighted by atomic mass is 16.6. The van der Waals surface area contributed by atoms with E-state index in [9.17, 15) is 19.2 Å². The Kier molecular flexibility index (Phi) is 5.10. The molecule has 4 rings (SSSR count). The molecular formula is C20H21NO8. The van der Waals surface area contributed by atoms with Gasteiger partial charge in [-0.2, -0.15) is 0 Å². The fourth-order valence-corrected chi connectivity index (χ4v) is 4.44. The molecule has 154 valence electrons. The molecule has 0 saturated carbocycles. The van der Waals surface area contributed by atoms with Crippen molar-refractivity contribution in [1.29, 1.82) is 0 Å². The summed E-state index contributed by atoms with van der Waals surface area (Å²) in [6.07, 6.45) is -3.23. The van der Waals surface area contributed by atoms with Crippen LogP contribution in [0.2, 0.25) is 0 Å². The molecule has 0 spiro atoms. The Bertz CT molecular complexity index is 840. The van der Waals surface area contributed by atoms with Gasteiger partial charge < -0.3 is 18.9 Å². The molecule has 3 heterocycles. The van der Waals surface area contributed by atoms with Crippen molar-refractivity contribution in [3.05, 3.63) is 30.3 Å². The molecule has 9 nitrogen and oxygen atoms in total. The summed E-state index contributed by atoms with van der Waals surface area (Å²) < 4.78 is 21.3. The van der Waals surface area contributed by atoms with Crippen molar-refractivity contribution in [1.82, 2.24) is 0 Å². The Morgan fingerprint density at radius 2 is 1.52 bits per heavy atom. The molecule has 29 heavy (non-hydrogen) atoms. The lowest BCUT2D eigenvalue weighted by atomic mass is 9.78. The fraction of sp³-hybridized carbons (Fsp3) is 0.500. The monoisotopic (exact) mass is 403 g/mol. The summed E-state index contributed by atoms with van der Waals surface area (Å²) in [5.74, 6) is -3.27. The van der Waals surface area contributed by atoms with Crippen LogP contribution in [0.4, 0.5) is 5.69 Å². The van der Waals surface area contributed by atoms with Gasteiger partial charge in [0.2, 0.25) is 11.8 Å². The molecule has 0 radical (unpaired) electrons. The number of ether oxygens (including phenoxy) is 4. The summed E-state index contributed by atoms with van der Waals surface area (Å²) in [5.41, 5.74) is 0.497. The molecule has 6 unspecified atom stereocenters. The smallest absolute Gasteiger partial charge is 0.306 e. The first-order valence-electron chi connectivity index (χ1n) is 9.35. The number of para-hydroxylation sites is 1. The van der Waals surface area contributed by atoms with Crippen molar-refractivity contribution in [3.8, 4) is 0 Å². The van der Waals surface area contributed by atoms with Crippen molar-refractivity contribution < 1.29 is 38.1 Å². The Balaban J connectivity index is 1.53. The number of esters is 2. The molecule has 6 atom stereocenters.